The van der Waals surface area contributed by atoms with Crippen molar-refractivity contribution in [2.24, 2.45) is 0 Å². The predicted molar refractivity (Wildman–Crippen MR) is 24.6 cm³/mol. The fourth-order valence-corrected chi connectivity index (χ4v) is 0. The van der Waals surface area contributed by atoms with Crippen LogP contribution < -0.4 is 59.1 Å². The molecule has 0 rings (SSSR count). The summed E-state index contributed by atoms with van der Waals surface area (Å²) in [7, 11) is -10.3. The molecule has 0 aromatic carbocycles. The maximum Gasteiger partial charge on any atom is 2.00 e. The molecular formula is H2Na2O9S2Zr. The molecule has 0 aliphatic carbocycles. The van der Waals surface area contributed by atoms with Crippen LogP contribution in [0.2, 0.25) is 0 Å². The van der Waals surface area contributed by atoms with Crippen LogP contribution in [0.3, 0.4) is 0 Å². The zero-order valence-electron chi connectivity index (χ0n) is 7.08. The molecule has 9 nitrogen and oxygen atoms in total. The van der Waals surface area contributed by atoms with Gasteiger partial charge < -0.3 is 23.7 Å². The molecule has 0 saturated heterocycles. The second-order valence-electron chi connectivity index (χ2n) is 0.816. The van der Waals surface area contributed by atoms with E-state index in [-0.39, 0.29) is 90.8 Å². The van der Waals surface area contributed by atoms with Crippen molar-refractivity contribution in [1.82, 2.24) is 0 Å². The van der Waals surface area contributed by atoms with Gasteiger partial charge in [0.05, 0.1) is 0 Å². The van der Waals surface area contributed by atoms with Crippen LogP contribution in [-0.2, 0) is 47.0 Å². The summed E-state index contributed by atoms with van der Waals surface area (Å²) < 4.78 is 68.2. The van der Waals surface area contributed by atoms with Gasteiger partial charge in [0.2, 0.25) is 0 Å². The number of hydrogen-bond acceptors (Lipinski definition) is 8. The Balaban J connectivity index is -0.0000000178. The van der Waals surface area contributed by atoms with Crippen LogP contribution in [0.25, 0.3) is 0 Å². The van der Waals surface area contributed by atoms with Crippen LogP contribution in [0.15, 0.2) is 0 Å². The smallest absolute Gasteiger partial charge is 0.759 e. The molecule has 74 valence electrons. The molecule has 0 spiro atoms. The Morgan fingerprint density at radius 1 is 0.643 bits per heavy atom. The molecule has 0 radical (unpaired) electrons. The van der Waals surface area contributed by atoms with Gasteiger partial charge in [0.15, 0.2) is 0 Å². The van der Waals surface area contributed by atoms with E-state index < -0.39 is 20.8 Å². The summed E-state index contributed by atoms with van der Waals surface area (Å²) in [6.45, 7) is 0. The van der Waals surface area contributed by atoms with Crippen molar-refractivity contribution >= 4 is 20.8 Å². The maximum atomic E-state index is 8.52. The zero-order valence-corrected chi connectivity index (χ0v) is 15.2. The van der Waals surface area contributed by atoms with Crippen LogP contribution in [0.5, 0.6) is 0 Å². The summed E-state index contributed by atoms with van der Waals surface area (Å²) in [6.07, 6.45) is 0. The molecule has 0 aromatic rings. The first kappa shape index (κ1) is 36.0. The van der Waals surface area contributed by atoms with Crippen molar-refractivity contribution < 1.29 is 126 Å². The quantitative estimate of drug-likeness (QED) is 0.234. The minimum Gasteiger partial charge on any atom is -0.759 e. The van der Waals surface area contributed by atoms with E-state index in [1.54, 1.807) is 0 Å². The predicted octanol–water partition coefficient (Wildman–Crippen LogP) is -9.50. The molecule has 2 N–H and O–H groups in total. The third-order valence-corrected chi connectivity index (χ3v) is 0. The van der Waals surface area contributed by atoms with Gasteiger partial charge in [-0.2, -0.15) is 0 Å². The molecule has 0 fully saturated rings. The fraction of sp³-hybridized carbons (Fsp3) is 0. The molecule has 0 aliphatic rings. The van der Waals surface area contributed by atoms with Gasteiger partial charge in [0, 0.05) is 20.8 Å². The van der Waals surface area contributed by atoms with E-state index in [4.69, 9.17) is 35.0 Å². The van der Waals surface area contributed by atoms with Gasteiger partial charge in [-0.1, -0.05) is 0 Å². The van der Waals surface area contributed by atoms with Crippen LogP contribution in [0.4, 0.5) is 0 Å². The molecule has 0 atom stereocenters. The zero-order chi connectivity index (χ0) is 9.00. The molecular weight excluding hydrogens is 345 g/mol. The van der Waals surface area contributed by atoms with Crippen molar-refractivity contribution in [3.8, 4) is 0 Å². The van der Waals surface area contributed by atoms with E-state index in [0.717, 1.165) is 0 Å². The van der Waals surface area contributed by atoms with E-state index in [2.05, 4.69) is 0 Å². The van der Waals surface area contributed by atoms with Gasteiger partial charge in [-0.15, -0.1) is 0 Å². The normalized spacial score (nSPS) is 8.29. The fourth-order valence-electron chi connectivity index (χ4n) is 0. The van der Waals surface area contributed by atoms with Crippen molar-refractivity contribution in [2.75, 3.05) is 0 Å². The van der Waals surface area contributed by atoms with Gasteiger partial charge >= 0.3 is 85.3 Å². The van der Waals surface area contributed by atoms with E-state index in [1.807, 2.05) is 0 Å². The maximum absolute atomic E-state index is 8.52. The average molecular weight is 347 g/mol. The molecule has 0 aromatic heterocycles. The third kappa shape index (κ3) is 403. The molecule has 0 aliphatic heterocycles. The Kier molecular flexibility index (Phi) is 40.0. The van der Waals surface area contributed by atoms with E-state index in [1.165, 1.54) is 0 Å². The summed E-state index contributed by atoms with van der Waals surface area (Å²) in [5.74, 6) is 0. The van der Waals surface area contributed by atoms with E-state index >= 15 is 0 Å². The Labute approximate surface area is 144 Å². The first-order chi connectivity index (χ1) is 4.00. The average Bonchev–Trinajstić information content (AvgIpc) is 1.12. The second-order valence-corrected chi connectivity index (χ2v) is 2.45. The van der Waals surface area contributed by atoms with Crippen molar-refractivity contribution in [3.63, 3.8) is 0 Å². The number of hydrogen-bond donors (Lipinski definition) is 0. The van der Waals surface area contributed by atoms with Crippen molar-refractivity contribution in [3.05, 3.63) is 0 Å². The third-order valence-electron chi connectivity index (χ3n) is 0. The molecule has 14 heteroatoms. The van der Waals surface area contributed by atoms with Crippen LogP contribution in [0, 0.1) is 0 Å². The minimum atomic E-state index is -5.17. The standard InChI is InChI=1S/2Na.2H2O4S.H2O.Zr/c;;2*1-5(2,3)4;;/h;;2*(H2,1,2,3,4);1H2;/q2*+1;;;;+2/p-4. The van der Waals surface area contributed by atoms with E-state index in [9.17, 15) is 0 Å². The van der Waals surface area contributed by atoms with Gasteiger partial charge in [-0.05, 0) is 0 Å². The molecule has 14 heavy (non-hydrogen) atoms. The second kappa shape index (κ2) is 15.6. The summed E-state index contributed by atoms with van der Waals surface area (Å²) in [6, 6.07) is 0. The van der Waals surface area contributed by atoms with Gasteiger partial charge in [-0.25, -0.2) is 0 Å². The minimum absolute atomic E-state index is 0. The summed E-state index contributed by atoms with van der Waals surface area (Å²) >= 11 is 0. The summed E-state index contributed by atoms with van der Waals surface area (Å²) in [5.41, 5.74) is 0. The van der Waals surface area contributed by atoms with Crippen molar-refractivity contribution in [1.29, 1.82) is 0 Å². The Morgan fingerprint density at radius 3 is 0.643 bits per heavy atom. The number of rotatable bonds is 0. The Morgan fingerprint density at radius 2 is 0.643 bits per heavy atom. The molecule has 0 bridgehead atoms. The van der Waals surface area contributed by atoms with Gasteiger partial charge in [0.1, 0.15) is 0 Å². The Bertz CT molecular complexity index is 217. The van der Waals surface area contributed by atoms with Crippen LogP contribution in [-0.4, -0.2) is 40.5 Å². The monoisotopic (exact) mass is 346 g/mol. The molecule has 0 heterocycles. The van der Waals surface area contributed by atoms with Crippen LogP contribution in [0.1, 0.15) is 0 Å². The molecule has 0 unspecified atom stereocenters. The first-order valence-electron chi connectivity index (χ1n) is 1.33. The molecule has 0 saturated carbocycles. The Hall–Kier alpha value is 2.58. The van der Waals surface area contributed by atoms with E-state index in [0.29, 0.717) is 0 Å². The van der Waals surface area contributed by atoms with Gasteiger partial charge in [-0.3, -0.25) is 16.8 Å². The topological polar surface area (TPSA) is 192 Å². The van der Waals surface area contributed by atoms with Gasteiger partial charge in [0.25, 0.3) is 0 Å². The SMILES string of the molecule is O.O=S(=O)([O-])[O-].O=S(=O)([O-])[O-].[Na+].[Na+].[Zr+2]. The first-order valence-corrected chi connectivity index (χ1v) is 4.00. The largest absolute Gasteiger partial charge is 2.00 e. The summed E-state index contributed by atoms with van der Waals surface area (Å²) in [4.78, 5) is 0. The van der Waals surface area contributed by atoms with Crippen LogP contribution >= 0.6 is 0 Å². The summed E-state index contributed by atoms with van der Waals surface area (Å²) in [5, 5.41) is 0. The molecule has 0 amide bonds. The van der Waals surface area contributed by atoms with Crippen molar-refractivity contribution in [2.45, 2.75) is 0 Å².